The Hall–Kier alpha value is -1.84. The Balaban J connectivity index is 2.21. The number of nitrogens with zero attached hydrogens (tertiary/aromatic N) is 1. The summed E-state index contributed by atoms with van der Waals surface area (Å²) in [5, 5.41) is 0. The van der Waals surface area contributed by atoms with Crippen LogP contribution < -0.4 is 0 Å². The predicted molar refractivity (Wildman–Crippen MR) is 95.1 cm³/mol. The van der Waals surface area contributed by atoms with E-state index in [-0.39, 0.29) is 17.3 Å². The molecule has 4 nitrogen and oxygen atoms in total. The molecule has 0 radical (unpaired) electrons. The van der Waals surface area contributed by atoms with Crippen molar-refractivity contribution in [3.63, 3.8) is 0 Å². The van der Waals surface area contributed by atoms with Gasteiger partial charge in [-0.3, -0.25) is 9.59 Å². The Morgan fingerprint density at radius 1 is 1.08 bits per heavy atom. The van der Waals surface area contributed by atoms with Gasteiger partial charge in [0.1, 0.15) is 5.60 Å². The number of hydrogen-bond acceptors (Lipinski definition) is 3. The molecule has 1 aromatic rings. The first-order valence-electron chi connectivity index (χ1n) is 8.67. The quantitative estimate of drug-likeness (QED) is 0.785. The van der Waals surface area contributed by atoms with Gasteiger partial charge < -0.3 is 9.64 Å². The van der Waals surface area contributed by atoms with E-state index >= 15 is 0 Å². The van der Waals surface area contributed by atoms with Gasteiger partial charge in [0.05, 0.1) is 6.42 Å². The smallest absolute Gasteiger partial charge is 0.307 e. The van der Waals surface area contributed by atoms with Crippen molar-refractivity contribution in [3.05, 3.63) is 35.4 Å². The van der Waals surface area contributed by atoms with Crippen LogP contribution in [0.1, 0.15) is 68.8 Å². The second kappa shape index (κ2) is 6.96. The van der Waals surface area contributed by atoms with Crippen molar-refractivity contribution < 1.29 is 14.3 Å². The molecule has 0 bridgehead atoms. The molecule has 1 fully saturated rings. The number of esters is 1. The van der Waals surface area contributed by atoms with Crippen LogP contribution in [0.5, 0.6) is 0 Å². The van der Waals surface area contributed by atoms with Gasteiger partial charge in [0, 0.05) is 25.1 Å². The molecule has 0 aliphatic heterocycles. The molecule has 4 heteroatoms. The van der Waals surface area contributed by atoms with E-state index in [1.807, 2.05) is 45.0 Å². The van der Waals surface area contributed by atoms with Crippen LogP contribution >= 0.6 is 0 Å². The molecule has 0 atom stereocenters. The summed E-state index contributed by atoms with van der Waals surface area (Å²) in [5.41, 5.74) is 1.20. The monoisotopic (exact) mass is 331 g/mol. The number of hydrogen-bond donors (Lipinski definition) is 0. The highest BCUT2D eigenvalue weighted by Crippen LogP contribution is 2.44. The van der Waals surface area contributed by atoms with Gasteiger partial charge in [0.25, 0.3) is 5.91 Å². The lowest BCUT2D eigenvalue weighted by Gasteiger charge is -2.30. The van der Waals surface area contributed by atoms with Gasteiger partial charge >= 0.3 is 5.97 Å². The van der Waals surface area contributed by atoms with Crippen molar-refractivity contribution in [2.75, 3.05) is 14.1 Å². The summed E-state index contributed by atoms with van der Waals surface area (Å²) in [5.74, 6) is -0.146. The Kier molecular flexibility index (Phi) is 5.36. The van der Waals surface area contributed by atoms with Crippen molar-refractivity contribution in [3.8, 4) is 0 Å². The van der Waals surface area contributed by atoms with Gasteiger partial charge in [-0.2, -0.15) is 0 Å². The zero-order valence-corrected chi connectivity index (χ0v) is 15.5. The molecule has 132 valence electrons. The molecule has 1 aliphatic rings. The first kappa shape index (κ1) is 18.5. The molecule has 1 saturated carbocycles. The topological polar surface area (TPSA) is 46.6 Å². The van der Waals surface area contributed by atoms with E-state index < -0.39 is 5.60 Å². The molecule has 1 aliphatic carbocycles. The third-order valence-electron chi connectivity index (χ3n) is 4.61. The molecule has 0 heterocycles. The van der Waals surface area contributed by atoms with Gasteiger partial charge in [0.15, 0.2) is 0 Å². The molecule has 0 N–H and O–H groups in total. The molecule has 2 rings (SSSR count). The highest BCUT2D eigenvalue weighted by atomic mass is 16.6. The first-order chi connectivity index (χ1) is 11.1. The summed E-state index contributed by atoms with van der Waals surface area (Å²) in [4.78, 5) is 26.0. The van der Waals surface area contributed by atoms with Crippen molar-refractivity contribution in [1.29, 1.82) is 0 Å². The van der Waals surface area contributed by atoms with Crippen LogP contribution in [0.2, 0.25) is 0 Å². The van der Waals surface area contributed by atoms with E-state index in [9.17, 15) is 9.59 Å². The Bertz CT molecular complexity index is 590. The van der Waals surface area contributed by atoms with Gasteiger partial charge in [-0.15, -0.1) is 0 Å². The molecule has 1 amide bonds. The summed E-state index contributed by atoms with van der Waals surface area (Å²) in [6, 6.07) is 7.75. The fourth-order valence-electron chi connectivity index (χ4n) is 3.50. The van der Waals surface area contributed by atoms with Crippen molar-refractivity contribution in [1.82, 2.24) is 4.90 Å². The lowest BCUT2D eigenvalue weighted by molar-refractivity contribution is -0.156. The number of amides is 1. The summed E-state index contributed by atoms with van der Waals surface area (Å²) >= 11 is 0. The second-order valence-electron chi connectivity index (χ2n) is 8.03. The highest BCUT2D eigenvalue weighted by molar-refractivity contribution is 5.93. The van der Waals surface area contributed by atoms with E-state index in [0.29, 0.717) is 12.0 Å². The Morgan fingerprint density at radius 2 is 1.62 bits per heavy atom. The van der Waals surface area contributed by atoms with E-state index in [2.05, 4.69) is 0 Å². The molecular formula is C20H29NO3. The zero-order valence-electron chi connectivity index (χ0n) is 15.5. The van der Waals surface area contributed by atoms with Gasteiger partial charge in [-0.25, -0.2) is 0 Å². The van der Waals surface area contributed by atoms with Crippen LogP contribution in [0, 0.1) is 0 Å². The largest absolute Gasteiger partial charge is 0.460 e. The zero-order chi connectivity index (χ0) is 18.0. The van der Waals surface area contributed by atoms with Crippen LogP contribution in [0.4, 0.5) is 0 Å². The normalized spacial score (nSPS) is 16.7. The maximum Gasteiger partial charge on any atom is 0.307 e. The van der Waals surface area contributed by atoms with Gasteiger partial charge in [-0.1, -0.05) is 25.0 Å². The van der Waals surface area contributed by atoms with Crippen molar-refractivity contribution in [2.24, 2.45) is 0 Å². The summed E-state index contributed by atoms with van der Waals surface area (Å²) in [6.07, 6.45) is 4.65. The first-order valence-corrected chi connectivity index (χ1v) is 8.67. The molecule has 0 spiro atoms. The van der Waals surface area contributed by atoms with E-state index in [1.165, 1.54) is 0 Å². The summed E-state index contributed by atoms with van der Waals surface area (Å²) in [6.45, 7) is 5.69. The molecule has 24 heavy (non-hydrogen) atoms. The highest BCUT2D eigenvalue weighted by Gasteiger charge is 2.39. The summed E-state index contributed by atoms with van der Waals surface area (Å²) in [7, 11) is 3.49. The lowest BCUT2D eigenvalue weighted by atomic mass is 9.76. The number of carbonyl (C=O) groups is 2. The Labute approximate surface area is 145 Å². The van der Waals surface area contributed by atoms with E-state index in [1.54, 1.807) is 19.0 Å². The number of ether oxygens (including phenoxy) is 1. The maximum absolute atomic E-state index is 12.4. The molecule has 0 unspecified atom stereocenters. The Morgan fingerprint density at radius 3 is 2.08 bits per heavy atom. The molecule has 1 aromatic carbocycles. The maximum atomic E-state index is 12.4. The number of rotatable bonds is 4. The third kappa shape index (κ3) is 4.37. The fourth-order valence-corrected chi connectivity index (χ4v) is 3.50. The van der Waals surface area contributed by atoms with Crippen LogP contribution in [0.25, 0.3) is 0 Å². The summed E-state index contributed by atoms with van der Waals surface area (Å²) < 4.78 is 5.54. The van der Waals surface area contributed by atoms with Crippen LogP contribution in [-0.2, 0) is 14.9 Å². The third-order valence-corrected chi connectivity index (χ3v) is 4.61. The minimum Gasteiger partial charge on any atom is -0.460 e. The number of benzene rings is 1. The minimum absolute atomic E-state index is 0.00540. The van der Waals surface area contributed by atoms with Crippen LogP contribution in [0.3, 0.4) is 0 Å². The average molecular weight is 331 g/mol. The minimum atomic E-state index is -0.459. The van der Waals surface area contributed by atoms with E-state index in [4.69, 9.17) is 4.74 Å². The SMILES string of the molecule is CN(C)C(=O)c1ccc(C2(CC(=O)OC(C)(C)C)CCCC2)cc1. The lowest BCUT2D eigenvalue weighted by Crippen LogP contribution is -2.31. The van der Waals surface area contributed by atoms with Crippen LogP contribution in [0.15, 0.2) is 24.3 Å². The molecule has 0 saturated heterocycles. The van der Waals surface area contributed by atoms with Crippen LogP contribution in [-0.4, -0.2) is 36.5 Å². The number of carbonyl (C=O) groups excluding carboxylic acids is 2. The van der Waals surface area contributed by atoms with Gasteiger partial charge in [0.2, 0.25) is 0 Å². The van der Waals surface area contributed by atoms with Crippen molar-refractivity contribution >= 4 is 11.9 Å². The second-order valence-corrected chi connectivity index (χ2v) is 8.03. The predicted octanol–water partition coefficient (Wildman–Crippen LogP) is 3.93. The molecule has 0 aromatic heterocycles. The average Bonchev–Trinajstić information content (AvgIpc) is 2.94. The molecular weight excluding hydrogens is 302 g/mol. The standard InChI is InChI=1S/C20H29NO3/c1-19(2,3)24-17(22)14-20(12-6-7-13-20)16-10-8-15(9-11-16)18(23)21(4)5/h8-11H,6-7,12-14H2,1-5H3. The van der Waals surface area contributed by atoms with E-state index in [0.717, 1.165) is 31.2 Å². The van der Waals surface area contributed by atoms with Crippen molar-refractivity contribution in [2.45, 2.75) is 63.9 Å². The van der Waals surface area contributed by atoms with Gasteiger partial charge in [-0.05, 0) is 51.3 Å². The fraction of sp³-hybridized carbons (Fsp3) is 0.600.